The van der Waals surface area contributed by atoms with E-state index in [0.717, 1.165) is 24.2 Å². The first-order valence-corrected chi connectivity index (χ1v) is 6.62. The molecule has 2 aromatic carbocycles. The third-order valence-corrected chi connectivity index (χ3v) is 3.41. The van der Waals surface area contributed by atoms with Crippen LogP contribution in [0.15, 0.2) is 42.5 Å². The number of carbonyl (C=O) groups is 1. The van der Waals surface area contributed by atoms with Crippen molar-refractivity contribution in [1.82, 2.24) is 0 Å². The number of anilines is 2. The number of halogens is 1. The van der Waals surface area contributed by atoms with Crippen molar-refractivity contribution >= 4 is 29.3 Å². The normalized spacial score (nSPS) is 10.3. The lowest BCUT2D eigenvalue weighted by Gasteiger charge is -2.24. The van der Waals surface area contributed by atoms with Crippen molar-refractivity contribution in [3.8, 4) is 0 Å². The zero-order valence-corrected chi connectivity index (χ0v) is 11.8. The van der Waals surface area contributed by atoms with E-state index < -0.39 is 0 Å². The van der Waals surface area contributed by atoms with Gasteiger partial charge in [-0.2, -0.15) is 0 Å². The lowest BCUT2D eigenvalue weighted by Crippen LogP contribution is -2.15. The van der Waals surface area contributed by atoms with Gasteiger partial charge in [0, 0.05) is 23.5 Å². The Kier molecular flexibility index (Phi) is 4.23. The highest BCUT2D eigenvalue weighted by molar-refractivity contribution is 6.33. The standard InChI is InChI=1S/C16H16ClNO/c1-3-18(14-7-4-12(2)5-8-14)15-9-6-13(11-19)16(17)10-15/h4-11H,3H2,1-2H3. The molecule has 0 saturated carbocycles. The minimum absolute atomic E-state index is 0.484. The van der Waals surface area contributed by atoms with Gasteiger partial charge in [-0.1, -0.05) is 29.3 Å². The molecule has 2 nitrogen and oxygen atoms in total. The molecule has 0 N–H and O–H groups in total. The number of hydrogen-bond donors (Lipinski definition) is 0. The topological polar surface area (TPSA) is 20.3 Å². The van der Waals surface area contributed by atoms with Gasteiger partial charge in [0.25, 0.3) is 0 Å². The van der Waals surface area contributed by atoms with E-state index in [4.69, 9.17) is 11.6 Å². The minimum Gasteiger partial charge on any atom is -0.342 e. The van der Waals surface area contributed by atoms with Crippen molar-refractivity contribution in [2.45, 2.75) is 13.8 Å². The Morgan fingerprint density at radius 3 is 2.26 bits per heavy atom. The minimum atomic E-state index is 0.484. The van der Waals surface area contributed by atoms with E-state index in [2.05, 4.69) is 43.0 Å². The Morgan fingerprint density at radius 1 is 1.11 bits per heavy atom. The van der Waals surface area contributed by atoms with Gasteiger partial charge in [-0.15, -0.1) is 0 Å². The van der Waals surface area contributed by atoms with Gasteiger partial charge in [-0.05, 0) is 44.2 Å². The summed E-state index contributed by atoms with van der Waals surface area (Å²) in [5.41, 5.74) is 3.85. The fourth-order valence-corrected chi connectivity index (χ4v) is 2.24. The predicted octanol–water partition coefficient (Wildman–Crippen LogP) is 4.62. The van der Waals surface area contributed by atoms with Crippen molar-refractivity contribution in [1.29, 1.82) is 0 Å². The first-order valence-electron chi connectivity index (χ1n) is 6.24. The number of rotatable bonds is 4. The quantitative estimate of drug-likeness (QED) is 0.758. The fourth-order valence-electron chi connectivity index (χ4n) is 2.02. The lowest BCUT2D eigenvalue weighted by molar-refractivity contribution is 0.112. The molecule has 0 radical (unpaired) electrons. The Morgan fingerprint density at radius 2 is 1.74 bits per heavy atom. The molecule has 0 aliphatic rings. The third kappa shape index (κ3) is 2.96. The van der Waals surface area contributed by atoms with Gasteiger partial charge in [-0.3, -0.25) is 4.79 Å². The number of aldehydes is 1. The second-order valence-electron chi connectivity index (χ2n) is 4.40. The maximum absolute atomic E-state index is 10.8. The monoisotopic (exact) mass is 273 g/mol. The predicted molar refractivity (Wildman–Crippen MR) is 80.7 cm³/mol. The number of carbonyl (C=O) groups excluding carboxylic acids is 1. The van der Waals surface area contributed by atoms with E-state index in [-0.39, 0.29) is 0 Å². The van der Waals surface area contributed by atoms with Crippen LogP contribution in [-0.2, 0) is 0 Å². The maximum Gasteiger partial charge on any atom is 0.151 e. The van der Waals surface area contributed by atoms with Gasteiger partial charge in [0.15, 0.2) is 6.29 Å². The molecule has 0 fully saturated rings. The zero-order chi connectivity index (χ0) is 13.8. The fraction of sp³-hybridized carbons (Fsp3) is 0.188. The Labute approximate surface area is 118 Å². The number of hydrogen-bond acceptors (Lipinski definition) is 2. The number of benzene rings is 2. The maximum atomic E-state index is 10.8. The van der Waals surface area contributed by atoms with E-state index in [1.165, 1.54) is 5.56 Å². The smallest absolute Gasteiger partial charge is 0.151 e. The molecule has 0 spiro atoms. The molecule has 0 aliphatic carbocycles. The molecule has 19 heavy (non-hydrogen) atoms. The Balaban J connectivity index is 2.39. The van der Waals surface area contributed by atoms with Gasteiger partial charge >= 0.3 is 0 Å². The van der Waals surface area contributed by atoms with E-state index >= 15 is 0 Å². The zero-order valence-electron chi connectivity index (χ0n) is 11.1. The summed E-state index contributed by atoms with van der Waals surface area (Å²) >= 11 is 6.09. The summed E-state index contributed by atoms with van der Waals surface area (Å²) in [5.74, 6) is 0. The molecule has 2 rings (SSSR count). The molecular formula is C16H16ClNO. The van der Waals surface area contributed by atoms with Crippen molar-refractivity contribution < 1.29 is 4.79 Å². The average Bonchev–Trinajstić information content (AvgIpc) is 2.42. The Bertz CT molecular complexity index is 578. The lowest BCUT2D eigenvalue weighted by atomic mass is 10.1. The molecule has 0 heterocycles. The SMILES string of the molecule is CCN(c1ccc(C)cc1)c1ccc(C=O)c(Cl)c1. The molecule has 0 atom stereocenters. The highest BCUT2D eigenvalue weighted by Crippen LogP contribution is 2.28. The van der Waals surface area contributed by atoms with Crippen LogP contribution in [0.1, 0.15) is 22.8 Å². The van der Waals surface area contributed by atoms with Crippen LogP contribution < -0.4 is 4.90 Å². The first kappa shape index (κ1) is 13.6. The van der Waals surface area contributed by atoms with Gasteiger partial charge in [0.2, 0.25) is 0 Å². The summed E-state index contributed by atoms with van der Waals surface area (Å²) in [5, 5.41) is 0.484. The molecule has 0 aliphatic heterocycles. The summed E-state index contributed by atoms with van der Waals surface area (Å²) in [7, 11) is 0. The van der Waals surface area contributed by atoms with Crippen molar-refractivity contribution in [2.24, 2.45) is 0 Å². The van der Waals surface area contributed by atoms with E-state index in [0.29, 0.717) is 10.6 Å². The van der Waals surface area contributed by atoms with Crippen LogP contribution in [0.3, 0.4) is 0 Å². The van der Waals surface area contributed by atoms with Crippen LogP contribution in [-0.4, -0.2) is 12.8 Å². The summed E-state index contributed by atoms with van der Waals surface area (Å²) in [6.07, 6.45) is 0.772. The summed E-state index contributed by atoms with van der Waals surface area (Å²) in [6, 6.07) is 13.8. The number of aryl methyl sites for hydroxylation is 1. The molecule has 0 unspecified atom stereocenters. The molecular weight excluding hydrogens is 258 g/mol. The summed E-state index contributed by atoms with van der Waals surface area (Å²) in [4.78, 5) is 12.9. The van der Waals surface area contributed by atoms with E-state index in [1.54, 1.807) is 6.07 Å². The molecule has 0 bridgehead atoms. The molecule has 0 aromatic heterocycles. The second kappa shape index (κ2) is 5.89. The third-order valence-electron chi connectivity index (χ3n) is 3.08. The largest absolute Gasteiger partial charge is 0.342 e. The molecule has 98 valence electrons. The van der Waals surface area contributed by atoms with Crippen LogP contribution in [0.25, 0.3) is 0 Å². The van der Waals surface area contributed by atoms with Crippen LogP contribution in [0, 0.1) is 6.92 Å². The molecule has 0 saturated heterocycles. The van der Waals surface area contributed by atoms with Crippen molar-refractivity contribution in [2.75, 3.05) is 11.4 Å². The summed E-state index contributed by atoms with van der Waals surface area (Å²) < 4.78 is 0. The average molecular weight is 274 g/mol. The van der Waals surface area contributed by atoms with Crippen molar-refractivity contribution in [3.05, 3.63) is 58.6 Å². The molecule has 0 amide bonds. The Hall–Kier alpha value is -1.80. The molecule has 3 heteroatoms. The highest BCUT2D eigenvalue weighted by Gasteiger charge is 2.09. The van der Waals surface area contributed by atoms with Gasteiger partial charge in [-0.25, -0.2) is 0 Å². The van der Waals surface area contributed by atoms with E-state index in [9.17, 15) is 4.79 Å². The van der Waals surface area contributed by atoms with Crippen LogP contribution in [0.2, 0.25) is 5.02 Å². The van der Waals surface area contributed by atoms with Crippen LogP contribution >= 0.6 is 11.6 Å². The highest BCUT2D eigenvalue weighted by atomic mass is 35.5. The van der Waals surface area contributed by atoms with Gasteiger partial charge in [0.1, 0.15) is 0 Å². The van der Waals surface area contributed by atoms with Crippen molar-refractivity contribution in [3.63, 3.8) is 0 Å². The second-order valence-corrected chi connectivity index (χ2v) is 4.81. The van der Waals surface area contributed by atoms with Crippen LogP contribution in [0.4, 0.5) is 11.4 Å². The van der Waals surface area contributed by atoms with Gasteiger partial charge < -0.3 is 4.90 Å². The van der Waals surface area contributed by atoms with E-state index in [1.807, 2.05) is 12.1 Å². The molecule has 2 aromatic rings. The van der Waals surface area contributed by atoms with Gasteiger partial charge in [0.05, 0.1) is 5.02 Å². The van der Waals surface area contributed by atoms with Crippen LogP contribution in [0.5, 0.6) is 0 Å². The first-order chi connectivity index (χ1) is 9.15. The number of nitrogens with zero attached hydrogens (tertiary/aromatic N) is 1. The summed E-state index contributed by atoms with van der Waals surface area (Å²) in [6.45, 7) is 4.98.